The molecule has 1 spiro atoms. The SMILES string of the molecule is O=C(CN1CCOC1=O)N1C[C@@H](O)[C@@]2(C1)[C@H](CO)[C@H]2c1ccccc1. The second kappa shape index (κ2) is 6.00. The first-order valence-corrected chi connectivity index (χ1v) is 8.61. The third-order valence-corrected chi connectivity index (χ3v) is 5.92. The first-order valence-electron chi connectivity index (χ1n) is 8.61. The lowest BCUT2D eigenvalue weighted by molar-refractivity contribution is -0.131. The molecular weight excluding hydrogens is 324 g/mol. The summed E-state index contributed by atoms with van der Waals surface area (Å²) in [4.78, 5) is 27.1. The van der Waals surface area contributed by atoms with Crippen LogP contribution < -0.4 is 0 Å². The van der Waals surface area contributed by atoms with Crippen LogP contribution in [0.3, 0.4) is 0 Å². The van der Waals surface area contributed by atoms with E-state index in [0.29, 0.717) is 19.7 Å². The van der Waals surface area contributed by atoms with E-state index in [1.54, 1.807) is 4.90 Å². The number of nitrogens with zero attached hydrogens (tertiary/aromatic N) is 2. The van der Waals surface area contributed by atoms with E-state index in [1.165, 1.54) is 4.90 Å². The fourth-order valence-electron chi connectivity index (χ4n) is 4.59. The minimum atomic E-state index is -0.677. The highest BCUT2D eigenvalue weighted by Crippen LogP contribution is 2.68. The molecule has 0 unspecified atom stereocenters. The number of hydrogen-bond donors (Lipinski definition) is 2. The molecule has 1 aromatic carbocycles. The molecular formula is C18H22N2O5. The van der Waals surface area contributed by atoms with Gasteiger partial charge in [0, 0.05) is 25.1 Å². The van der Waals surface area contributed by atoms with Crippen LogP contribution in [0.4, 0.5) is 4.79 Å². The average Bonchev–Trinajstić information content (AvgIpc) is 2.88. The number of β-amino-alcohol motifs (C(OH)–C–C–N with tert-alkyl or cyclic N) is 1. The van der Waals surface area contributed by atoms with Gasteiger partial charge in [-0.25, -0.2) is 4.79 Å². The Morgan fingerprint density at radius 1 is 1.32 bits per heavy atom. The second-order valence-corrected chi connectivity index (χ2v) is 7.12. The van der Waals surface area contributed by atoms with Crippen LogP contribution in [0.25, 0.3) is 0 Å². The monoisotopic (exact) mass is 346 g/mol. The van der Waals surface area contributed by atoms with E-state index in [4.69, 9.17) is 4.74 Å². The van der Waals surface area contributed by atoms with Crippen LogP contribution in [0.1, 0.15) is 11.5 Å². The van der Waals surface area contributed by atoms with Crippen molar-refractivity contribution < 1.29 is 24.5 Å². The van der Waals surface area contributed by atoms with Gasteiger partial charge in [0.2, 0.25) is 5.91 Å². The third kappa shape index (κ3) is 2.49. The first kappa shape index (κ1) is 16.4. The maximum atomic E-state index is 12.5. The van der Waals surface area contributed by atoms with Crippen molar-refractivity contribution in [1.29, 1.82) is 0 Å². The summed E-state index contributed by atoms with van der Waals surface area (Å²) in [5.41, 5.74) is 0.593. The number of hydrogen-bond acceptors (Lipinski definition) is 5. The molecule has 2 heterocycles. The van der Waals surface area contributed by atoms with Gasteiger partial charge in [-0.15, -0.1) is 0 Å². The number of benzene rings is 1. The molecule has 3 aliphatic rings. The summed E-state index contributed by atoms with van der Waals surface area (Å²) in [5.74, 6) is -0.201. The topological polar surface area (TPSA) is 90.3 Å². The molecule has 7 nitrogen and oxygen atoms in total. The van der Waals surface area contributed by atoms with Gasteiger partial charge in [0.1, 0.15) is 13.2 Å². The van der Waals surface area contributed by atoms with Crippen LogP contribution in [0.5, 0.6) is 0 Å². The van der Waals surface area contributed by atoms with Crippen molar-refractivity contribution in [3.63, 3.8) is 0 Å². The number of amides is 2. The molecule has 0 bridgehead atoms. The highest BCUT2D eigenvalue weighted by Gasteiger charge is 2.71. The van der Waals surface area contributed by atoms with Crippen molar-refractivity contribution >= 4 is 12.0 Å². The van der Waals surface area contributed by atoms with E-state index in [2.05, 4.69) is 0 Å². The normalized spacial score (nSPS) is 33.8. The molecule has 0 aromatic heterocycles. The Morgan fingerprint density at radius 2 is 2.08 bits per heavy atom. The largest absolute Gasteiger partial charge is 0.448 e. The third-order valence-electron chi connectivity index (χ3n) is 5.92. The van der Waals surface area contributed by atoms with Crippen molar-refractivity contribution in [2.75, 3.05) is 39.4 Å². The highest BCUT2D eigenvalue weighted by molar-refractivity contribution is 5.83. The summed E-state index contributed by atoms with van der Waals surface area (Å²) < 4.78 is 4.85. The molecule has 2 saturated heterocycles. The lowest BCUT2D eigenvalue weighted by Crippen LogP contribution is -2.40. The fraction of sp³-hybridized carbons (Fsp3) is 0.556. The second-order valence-electron chi connectivity index (χ2n) is 7.12. The van der Waals surface area contributed by atoms with Gasteiger partial charge >= 0.3 is 6.09 Å². The number of ether oxygens (including phenoxy) is 1. The molecule has 25 heavy (non-hydrogen) atoms. The van der Waals surface area contributed by atoms with Crippen molar-refractivity contribution in [1.82, 2.24) is 9.80 Å². The summed E-state index contributed by atoms with van der Waals surface area (Å²) >= 11 is 0. The van der Waals surface area contributed by atoms with Crippen LogP contribution in [0.15, 0.2) is 30.3 Å². The quantitative estimate of drug-likeness (QED) is 0.803. The van der Waals surface area contributed by atoms with E-state index < -0.39 is 17.6 Å². The van der Waals surface area contributed by atoms with Crippen molar-refractivity contribution in [3.05, 3.63) is 35.9 Å². The van der Waals surface area contributed by atoms with Gasteiger partial charge in [-0.3, -0.25) is 9.69 Å². The van der Waals surface area contributed by atoms with Gasteiger partial charge in [0.15, 0.2) is 0 Å². The molecule has 7 heteroatoms. The van der Waals surface area contributed by atoms with Gasteiger partial charge < -0.3 is 19.8 Å². The Balaban J connectivity index is 1.49. The Labute approximate surface area is 145 Å². The Bertz CT molecular complexity index is 681. The van der Waals surface area contributed by atoms with E-state index in [-0.39, 0.29) is 37.4 Å². The van der Waals surface area contributed by atoms with Gasteiger partial charge in [-0.05, 0) is 17.4 Å². The van der Waals surface area contributed by atoms with Crippen LogP contribution in [0, 0.1) is 11.3 Å². The zero-order chi connectivity index (χ0) is 17.6. The summed E-state index contributed by atoms with van der Waals surface area (Å²) in [7, 11) is 0. The van der Waals surface area contributed by atoms with Crippen LogP contribution in [-0.2, 0) is 9.53 Å². The molecule has 4 atom stereocenters. The number of aliphatic hydroxyl groups excluding tert-OH is 2. The van der Waals surface area contributed by atoms with Crippen molar-refractivity contribution in [3.8, 4) is 0 Å². The number of aliphatic hydroxyl groups is 2. The van der Waals surface area contributed by atoms with Gasteiger partial charge in [-0.1, -0.05) is 30.3 Å². The Hall–Kier alpha value is -2.12. The lowest BCUT2D eigenvalue weighted by atomic mass is 9.95. The van der Waals surface area contributed by atoms with E-state index in [0.717, 1.165) is 5.56 Å². The predicted molar refractivity (Wildman–Crippen MR) is 87.7 cm³/mol. The average molecular weight is 346 g/mol. The Morgan fingerprint density at radius 3 is 2.72 bits per heavy atom. The number of likely N-dealkylation sites (tertiary alicyclic amines) is 1. The molecule has 1 aromatic rings. The van der Waals surface area contributed by atoms with Crippen molar-refractivity contribution in [2.24, 2.45) is 11.3 Å². The molecule has 1 saturated carbocycles. The minimum Gasteiger partial charge on any atom is -0.448 e. The van der Waals surface area contributed by atoms with Gasteiger partial charge in [0.25, 0.3) is 0 Å². The van der Waals surface area contributed by atoms with Crippen LogP contribution in [0.2, 0.25) is 0 Å². The van der Waals surface area contributed by atoms with E-state index in [1.807, 2.05) is 30.3 Å². The maximum absolute atomic E-state index is 12.5. The minimum absolute atomic E-state index is 0.0168. The molecule has 0 radical (unpaired) electrons. The summed E-state index contributed by atoms with van der Waals surface area (Å²) in [5, 5.41) is 20.5. The van der Waals surface area contributed by atoms with Crippen LogP contribution in [-0.4, -0.2) is 77.5 Å². The van der Waals surface area contributed by atoms with Gasteiger partial charge in [-0.2, -0.15) is 0 Å². The van der Waals surface area contributed by atoms with Crippen LogP contribution >= 0.6 is 0 Å². The van der Waals surface area contributed by atoms with Gasteiger partial charge in [0.05, 0.1) is 12.6 Å². The molecule has 4 rings (SSSR count). The molecule has 2 amide bonds. The molecule has 1 aliphatic carbocycles. The zero-order valence-corrected chi connectivity index (χ0v) is 13.9. The summed E-state index contributed by atoms with van der Waals surface area (Å²) in [6, 6.07) is 9.82. The molecule has 134 valence electrons. The summed E-state index contributed by atoms with van der Waals surface area (Å²) in [6.07, 6.45) is -1.14. The zero-order valence-electron chi connectivity index (χ0n) is 13.9. The maximum Gasteiger partial charge on any atom is 0.410 e. The highest BCUT2D eigenvalue weighted by atomic mass is 16.6. The van der Waals surface area contributed by atoms with E-state index in [9.17, 15) is 19.8 Å². The standard InChI is InChI=1S/C18H22N2O5/c21-10-13-16(12-4-2-1-3-5-12)18(13)11-20(8-14(18)22)15(23)9-19-6-7-25-17(19)24/h1-5,13-14,16,21-22H,6-11H2/t13-,14-,16-,18-/m1/s1. The van der Waals surface area contributed by atoms with E-state index >= 15 is 0 Å². The van der Waals surface area contributed by atoms with Crippen molar-refractivity contribution in [2.45, 2.75) is 12.0 Å². The number of carbonyl (C=O) groups excluding carboxylic acids is 2. The number of rotatable bonds is 4. The number of cyclic esters (lactones) is 1. The molecule has 3 fully saturated rings. The molecule has 2 aliphatic heterocycles. The smallest absolute Gasteiger partial charge is 0.410 e. The number of carbonyl (C=O) groups is 2. The molecule has 2 N–H and O–H groups in total. The first-order chi connectivity index (χ1) is 12.1. The fourth-order valence-corrected chi connectivity index (χ4v) is 4.59. The summed E-state index contributed by atoms with van der Waals surface area (Å²) in [6.45, 7) is 1.32. The lowest BCUT2D eigenvalue weighted by Gasteiger charge is -2.19. The predicted octanol–water partition coefficient (Wildman–Crippen LogP) is 0.0340. The Kier molecular flexibility index (Phi) is 3.92.